The van der Waals surface area contributed by atoms with E-state index in [2.05, 4.69) is 25.5 Å². The lowest BCUT2D eigenvalue weighted by Gasteiger charge is -2.32. The van der Waals surface area contributed by atoms with E-state index in [1.54, 1.807) is 18.5 Å². The summed E-state index contributed by atoms with van der Waals surface area (Å²) >= 11 is 6.17. The number of carbonyl (C=O) groups is 1. The van der Waals surface area contributed by atoms with E-state index in [4.69, 9.17) is 17.3 Å². The number of rotatable bonds is 7. The fraction of sp³-hybridized carbons (Fsp3) is 0.400. The minimum absolute atomic E-state index is 0.203. The number of hydrogen-bond acceptors (Lipinski definition) is 6. The number of fused-ring (bicyclic) bond motifs is 1. The molecule has 1 amide bonds. The zero-order chi connectivity index (χ0) is 22.8. The number of nitrogens with two attached hydrogens (primary N) is 1. The zero-order valence-electron chi connectivity index (χ0n) is 18.6. The van der Waals surface area contributed by atoms with Gasteiger partial charge in [-0.25, -0.2) is 9.97 Å². The highest BCUT2D eigenvalue weighted by atomic mass is 35.5. The largest absolute Gasteiger partial charge is 0.383 e. The van der Waals surface area contributed by atoms with Crippen molar-refractivity contribution >= 4 is 39.9 Å². The molecule has 0 radical (unpaired) electrons. The van der Waals surface area contributed by atoms with Gasteiger partial charge in [0.15, 0.2) is 0 Å². The maximum Gasteiger partial charge on any atom is 0.255 e. The van der Waals surface area contributed by atoms with Crippen LogP contribution in [0.1, 0.15) is 41.6 Å². The summed E-state index contributed by atoms with van der Waals surface area (Å²) in [6, 6.07) is 10.3. The number of aromatic nitrogens is 2. The van der Waals surface area contributed by atoms with Crippen LogP contribution in [0.5, 0.6) is 0 Å². The Labute approximate surface area is 198 Å². The second-order valence-corrected chi connectivity index (χ2v) is 9.51. The topological polar surface area (TPSA) is 96.2 Å². The molecule has 3 heterocycles. The van der Waals surface area contributed by atoms with Gasteiger partial charge in [0, 0.05) is 36.9 Å². The summed E-state index contributed by atoms with van der Waals surface area (Å²) in [7, 11) is 0. The molecule has 1 aliphatic heterocycles. The Kier molecular flexibility index (Phi) is 6.33. The maximum atomic E-state index is 13.0. The van der Waals surface area contributed by atoms with E-state index >= 15 is 0 Å². The molecule has 1 saturated heterocycles. The van der Waals surface area contributed by atoms with Crippen LogP contribution < -0.4 is 16.4 Å². The van der Waals surface area contributed by atoms with Gasteiger partial charge in [-0.3, -0.25) is 4.79 Å². The first kappa shape index (κ1) is 21.9. The van der Waals surface area contributed by atoms with Crippen molar-refractivity contribution in [3.05, 3.63) is 58.9 Å². The SMILES string of the molecule is Nc1nccc2cc(CNC(=O)c3cc(Cl)cnc3NCC3CCN(C4CC4)CC3)ccc12. The smallest absolute Gasteiger partial charge is 0.255 e. The van der Waals surface area contributed by atoms with E-state index in [0.717, 1.165) is 28.9 Å². The molecule has 0 unspecified atom stereocenters. The fourth-order valence-electron chi connectivity index (χ4n) is 4.59. The van der Waals surface area contributed by atoms with Crippen LogP contribution in [0.25, 0.3) is 10.8 Å². The van der Waals surface area contributed by atoms with Crippen LogP contribution in [-0.4, -0.2) is 46.5 Å². The number of halogens is 1. The Morgan fingerprint density at radius 1 is 1.12 bits per heavy atom. The lowest BCUT2D eigenvalue weighted by atomic mass is 9.96. The van der Waals surface area contributed by atoms with Crippen molar-refractivity contribution < 1.29 is 4.79 Å². The van der Waals surface area contributed by atoms with E-state index in [0.29, 0.717) is 34.7 Å². The molecule has 172 valence electrons. The van der Waals surface area contributed by atoms with Crippen LogP contribution in [0, 0.1) is 5.92 Å². The first-order valence-electron chi connectivity index (χ1n) is 11.6. The summed E-state index contributed by atoms with van der Waals surface area (Å²) < 4.78 is 0. The number of nitrogens with one attached hydrogen (secondary N) is 2. The van der Waals surface area contributed by atoms with Gasteiger partial charge in [0.1, 0.15) is 11.6 Å². The molecule has 2 aliphatic rings. The van der Waals surface area contributed by atoms with Crippen molar-refractivity contribution in [3.63, 3.8) is 0 Å². The lowest BCUT2D eigenvalue weighted by Crippen LogP contribution is -2.37. The highest BCUT2D eigenvalue weighted by Crippen LogP contribution is 2.31. The first-order valence-corrected chi connectivity index (χ1v) is 12.0. The van der Waals surface area contributed by atoms with Gasteiger partial charge in [-0.1, -0.05) is 23.7 Å². The monoisotopic (exact) mass is 464 g/mol. The van der Waals surface area contributed by atoms with Crippen LogP contribution in [-0.2, 0) is 6.54 Å². The van der Waals surface area contributed by atoms with Crippen LogP contribution in [0.3, 0.4) is 0 Å². The molecule has 0 atom stereocenters. The first-order chi connectivity index (χ1) is 16.1. The molecule has 8 heteroatoms. The van der Waals surface area contributed by atoms with Gasteiger partial charge in [-0.05, 0) is 73.8 Å². The number of carbonyl (C=O) groups excluding carboxylic acids is 1. The van der Waals surface area contributed by atoms with Gasteiger partial charge < -0.3 is 21.3 Å². The molecule has 0 spiro atoms. The van der Waals surface area contributed by atoms with Crippen molar-refractivity contribution in [2.45, 2.75) is 38.3 Å². The molecule has 3 aromatic rings. The van der Waals surface area contributed by atoms with Crippen LogP contribution in [0.15, 0.2) is 42.7 Å². The molecule has 33 heavy (non-hydrogen) atoms. The molecule has 4 N–H and O–H groups in total. The highest BCUT2D eigenvalue weighted by molar-refractivity contribution is 6.31. The minimum Gasteiger partial charge on any atom is -0.383 e. The van der Waals surface area contributed by atoms with Crippen LogP contribution in [0.2, 0.25) is 5.02 Å². The fourth-order valence-corrected chi connectivity index (χ4v) is 4.75. The molecule has 2 aromatic heterocycles. The molecule has 7 nitrogen and oxygen atoms in total. The van der Waals surface area contributed by atoms with Gasteiger partial charge >= 0.3 is 0 Å². The zero-order valence-corrected chi connectivity index (χ0v) is 19.3. The number of piperidine rings is 1. The number of amides is 1. The van der Waals surface area contributed by atoms with Crippen molar-refractivity contribution in [1.82, 2.24) is 20.2 Å². The quantitative estimate of drug-likeness (QED) is 0.487. The van der Waals surface area contributed by atoms with Gasteiger partial charge in [0.05, 0.1) is 10.6 Å². The average Bonchev–Trinajstić information content (AvgIpc) is 3.68. The minimum atomic E-state index is -0.203. The summed E-state index contributed by atoms with van der Waals surface area (Å²) in [5.41, 5.74) is 7.38. The van der Waals surface area contributed by atoms with E-state index in [1.165, 1.54) is 38.8 Å². The Morgan fingerprint density at radius 2 is 1.94 bits per heavy atom. The third kappa shape index (κ3) is 5.20. The highest BCUT2D eigenvalue weighted by Gasteiger charge is 2.31. The molecule has 1 aliphatic carbocycles. The van der Waals surface area contributed by atoms with Crippen molar-refractivity contribution in [3.8, 4) is 0 Å². The standard InChI is InChI=1S/C25H29ClN6O/c26-19-12-22(24(30-15-19)29-13-16-6-9-32(10-7-16)20-2-3-20)25(33)31-14-17-1-4-21-18(11-17)5-8-28-23(21)27/h1,4-5,8,11-12,15-16,20H,2-3,6-7,9-10,13-14H2,(H2,27,28)(H,29,30)(H,31,33). The summed E-state index contributed by atoms with van der Waals surface area (Å²) in [5.74, 6) is 1.47. The molecule has 5 rings (SSSR count). The molecule has 2 fully saturated rings. The Hall–Kier alpha value is -2.90. The van der Waals surface area contributed by atoms with Crippen molar-refractivity contribution in [2.75, 3.05) is 30.7 Å². The van der Waals surface area contributed by atoms with Crippen molar-refractivity contribution in [1.29, 1.82) is 0 Å². The molecule has 1 saturated carbocycles. The van der Waals surface area contributed by atoms with Gasteiger partial charge in [0.25, 0.3) is 5.91 Å². The summed E-state index contributed by atoms with van der Waals surface area (Å²) in [6.45, 7) is 3.55. The molecular formula is C25H29ClN6O. The van der Waals surface area contributed by atoms with E-state index in [1.807, 2.05) is 24.3 Å². The van der Waals surface area contributed by atoms with Gasteiger partial charge in [0.2, 0.25) is 0 Å². The summed E-state index contributed by atoms with van der Waals surface area (Å²) in [4.78, 5) is 24.1. The van der Waals surface area contributed by atoms with Gasteiger partial charge in [-0.2, -0.15) is 0 Å². The second kappa shape index (κ2) is 9.53. The Morgan fingerprint density at radius 3 is 2.73 bits per heavy atom. The molecule has 0 bridgehead atoms. The van der Waals surface area contributed by atoms with E-state index < -0.39 is 0 Å². The average molecular weight is 465 g/mol. The number of nitrogen functional groups attached to an aromatic ring is 1. The third-order valence-electron chi connectivity index (χ3n) is 6.68. The number of nitrogens with zero attached hydrogens (tertiary/aromatic N) is 3. The van der Waals surface area contributed by atoms with Gasteiger partial charge in [-0.15, -0.1) is 0 Å². The summed E-state index contributed by atoms with van der Waals surface area (Å²) in [5, 5.41) is 8.74. The number of hydrogen-bond donors (Lipinski definition) is 3. The van der Waals surface area contributed by atoms with E-state index in [-0.39, 0.29) is 5.91 Å². The number of pyridine rings is 2. The molecule has 1 aromatic carbocycles. The maximum absolute atomic E-state index is 13.0. The summed E-state index contributed by atoms with van der Waals surface area (Å²) in [6.07, 6.45) is 8.35. The predicted molar refractivity (Wildman–Crippen MR) is 132 cm³/mol. The number of benzene rings is 1. The third-order valence-corrected chi connectivity index (χ3v) is 6.89. The number of likely N-dealkylation sites (tertiary alicyclic amines) is 1. The van der Waals surface area contributed by atoms with Crippen LogP contribution in [0.4, 0.5) is 11.6 Å². The lowest BCUT2D eigenvalue weighted by molar-refractivity contribution is 0.0951. The number of anilines is 2. The normalized spacial score (nSPS) is 17.2. The molecular weight excluding hydrogens is 436 g/mol. The Balaban J connectivity index is 1.21. The van der Waals surface area contributed by atoms with Crippen LogP contribution >= 0.6 is 11.6 Å². The Bertz CT molecular complexity index is 1160. The predicted octanol–water partition coefficient (Wildman–Crippen LogP) is 4.08. The van der Waals surface area contributed by atoms with E-state index in [9.17, 15) is 4.79 Å². The second-order valence-electron chi connectivity index (χ2n) is 9.08. The van der Waals surface area contributed by atoms with Crippen molar-refractivity contribution in [2.24, 2.45) is 5.92 Å².